The normalized spacial score (nSPS) is 18.9. The van der Waals surface area contributed by atoms with Crippen LogP contribution < -0.4 is 0 Å². The second-order valence-electron chi connectivity index (χ2n) is 10.9. The summed E-state index contributed by atoms with van der Waals surface area (Å²) in [7, 11) is 0. The number of phenols is 1. The number of halogens is 1. The summed E-state index contributed by atoms with van der Waals surface area (Å²) in [6.07, 6.45) is 0. The van der Waals surface area contributed by atoms with E-state index in [1.54, 1.807) is 17.0 Å². The molecule has 0 aliphatic carbocycles. The van der Waals surface area contributed by atoms with Crippen molar-refractivity contribution in [1.29, 1.82) is 5.41 Å². The SMILES string of the molecule is Br.CC(C)(C)c1cc(C(=O)CN2C[C@H](CO)[C@@H](c3ccccc3)C2=N)cc(C(C)(C)C)c1O. The van der Waals surface area contributed by atoms with Crippen LogP contribution in [0.25, 0.3) is 0 Å². The molecule has 3 N–H and O–H groups in total. The number of aromatic hydroxyl groups is 1. The number of hydrogen-bond acceptors (Lipinski definition) is 4. The second-order valence-corrected chi connectivity index (χ2v) is 10.9. The molecule has 3 rings (SSSR count). The van der Waals surface area contributed by atoms with E-state index < -0.39 is 0 Å². The molecule has 1 aliphatic heterocycles. The van der Waals surface area contributed by atoms with Gasteiger partial charge in [0.25, 0.3) is 0 Å². The third kappa shape index (κ3) is 5.67. The standard InChI is InChI=1S/C27H36N2O3.BrH/c1-26(2,3)20-12-18(13-21(24(20)32)27(4,5)6)22(31)15-29-14-19(16-30)23(25(29)28)17-10-8-7-9-11-17;/h7-13,19,23,28,30,32H,14-16H2,1-6H3;1H/t19-,23-;/m1./s1. The van der Waals surface area contributed by atoms with Crippen LogP contribution in [-0.4, -0.2) is 46.4 Å². The molecule has 2 atom stereocenters. The first-order valence-corrected chi connectivity index (χ1v) is 11.2. The molecule has 180 valence electrons. The number of Topliss-reactive ketones (excluding diaryl/α,β-unsaturated/α-hetero) is 1. The number of ketones is 1. The Morgan fingerprint density at radius 2 is 1.55 bits per heavy atom. The molecule has 0 unspecified atom stereocenters. The fourth-order valence-electron chi connectivity index (χ4n) is 4.51. The lowest BCUT2D eigenvalue weighted by Gasteiger charge is -2.28. The van der Waals surface area contributed by atoms with Crippen LogP contribution in [0.5, 0.6) is 5.75 Å². The van der Waals surface area contributed by atoms with Gasteiger partial charge >= 0.3 is 0 Å². The van der Waals surface area contributed by atoms with Gasteiger partial charge in [0, 0.05) is 41.7 Å². The van der Waals surface area contributed by atoms with Crippen molar-refractivity contribution in [2.75, 3.05) is 19.7 Å². The first kappa shape index (κ1) is 27.1. The van der Waals surface area contributed by atoms with E-state index in [0.29, 0.717) is 17.9 Å². The van der Waals surface area contributed by atoms with Crippen LogP contribution in [-0.2, 0) is 10.8 Å². The molecule has 0 aromatic heterocycles. The first-order chi connectivity index (χ1) is 14.8. The van der Waals surface area contributed by atoms with Gasteiger partial charge in [-0.1, -0.05) is 71.9 Å². The molecule has 1 aliphatic rings. The number of nitrogens with zero attached hydrogens (tertiary/aromatic N) is 1. The topological polar surface area (TPSA) is 84.6 Å². The van der Waals surface area contributed by atoms with Crippen LogP contribution in [0, 0.1) is 11.3 Å². The Bertz CT molecular complexity index is 971. The van der Waals surface area contributed by atoms with Crippen LogP contribution in [0.15, 0.2) is 42.5 Å². The van der Waals surface area contributed by atoms with E-state index in [4.69, 9.17) is 5.41 Å². The molecular formula is C27H37BrN2O3. The highest BCUT2D eigenvalue weighted by atomic mass is 79.9. The number of carbonyl (C=O) groups excluding carboxylic acids is 1. The van der Waals surface area contributed by atoms with E-state index in [9.17, 15) is 15.0 Å². The number of hydrogen-bond donors (Lipinski definition) is 3. The van der Waals surface area contributed by atoms with Crippen molar-refractivity contribution in [3.63, 3.8) is 0 Å². The summed E-state index contributed by atoms with van der Waals surface area (Å²) in [5.41, 5.74) is 2.40. The monoisotopic (exact) mass is 516 g/mol. The number of rotatable bonds is 5. The summed E-state index contributed by atoms with van der Waals surface area (Å²) < 4.78 is 0. The Kier molecular flexibility index (Phi) is 8.19. The third-order valence-corrected chi connectivity index (χ3v) is 6.34. The number of likely N-dealkylation sites (tertiary alicyclic amines) is 1. The lowest BCUT2D eigenvalue weighted by Crippen LogP contribution is -2.32. The van der Waals surface area contributed by atoms with Gasteiger partial charge in [-0.3, -0.25) is 10.2 Å². The summed E-state index contributed by atoms with van der Waals surface area (Å²) in [5, 5.41) is 29.6. The van der Waals surface area contributed by atoms with E-state index in [2.05, 4.69) is 0 Å². The first-order valence-electron chi connectivity index (χ1n) is 11.2. The van der Waals surface area contributed by atoms with Gasteiger partial charge in [-0.2, -0.15) is 0 Å². The predicted molar refractivity (Wildman–Crippen MR) is 139 cm³/mol. The molecule has 1 fully saturated rings. The Balaban J connectivity index is 0.00000385. The molecule has 0 radical (unpaired) electrons. The van der Waals surface area contributed by atoms with Gasteiger partial charge in [0.2, 0.25) is 0 Å². The minimum atomic E-state index is -0.318. The van der Waals surface area contributed by atoms with Crippen molar-refractivity contribution >= 4 is 28.6 Å². The van der Waals surface area contributed by atoms with Crippen LogP contribution in [0.2, 0.25) is 0 Å². The van der Waals surface area contributed by atoms with Gasteiger partial charge in [-0.25, -0.2) is 0 Å². The smallest absolute Gasteiger partial charge is 0.182 e. The summed E-state index contributed by atoms with van der Waals surface area (Å²) in [4.78, 5) is 15.2. The van der Waals surface area contributed by atoms with Gasteiger partial charge in [-0.15, -0.1) is 17.0 Å². The average Bonchev–Trinajstić information content (AvgIpc) is 3.02. The Morgan fingerprint density at radius 1 is 1.03 bits per heavy atom. The van der Waals surface area contributed by atoms with Gasteiger partial charge in [0.15, 0.2) is 5.78 Å². The molecule has 2 aromatic carbocycles. The lowest BCUT2D eigenvalue weighted by atomic mass is 9.78. The van der Waals surface area contributed by atoms with Crippen LogP contribution in [0.1, 0.15) is 74.5 Å². The lowest BCUT2D eigenvalue weighted by molar-refractivity contribution is 0.0959. The molecule has 1 heterocycles. The summed E-state index contributed by atoms with van der Waals surface area (Å²) >= 11 is 0. The highest BCUT2D eigenvalue weighted by Gasteiger charge is 2.39. The summed E-state index contributed by atoms with van der Waals surface area (Å²) in [6.45, 7) is 12.7. The Labute approximate surface area is 208 Å². The predicted octanol–water partition coefficient (Wildman–Crippen LogP) is 5.43. The fraction of sp³-hybridized carbons (Fsp3) is 0.481. The van der Waals surface area contributed by atoms with E-state index >= 15 is 0 Å². The Hall–Kier alpha value is -2.18. The summed E-state index contributed by atoms with van der Waals surface area (Å²) in [6, 6.07) is 13.3. The molecule has 2 aromatic rings. The molecule has 0 bridgehead atoms. The van der Waals surface area contributed by atoms with Crippen LogP contribution >= 0.6 is 17.0 Å². The number of aliphatic hydroxyl groups is 1. The van der Waals surface area contributed by atoms with Crippen molar-refractivity contribution in [3.8, 4) is 5.75 Å². The largest absolute Gasteiger partial charge is 0.507 e. The zero-order valence-corrected chi connectivity index (χ0v) is 22.2. The van der Waals surface area contributed by atoms with E-state index in [0.717, 1.165) is 16.7 Å². The van der Waals surface area contributed by atoms with E-state index in [1.807, 2.05) is 71.9 Å². The van der Waals surface area contributed by atoms with Gasteiger partial charge in [0.1, 0.15) is 11.6 Å². The molecule has 1 saturated heterocycles. The number of carbonyl (C=O) groups is 1. The molecule has 5 nitrogen and oxygen atoms in total. The maximum atomic E-state index is 13.4. The molecule has 6 heteroatoms. The van der Waals surface area contributed by atoms with Crippen molar-refractivity contribution in [2.24, 2.45) is 5.92 Å². The van der Waals surface area contributed by atoms with E-state index in [1.165, 1.54) is 0 Å². The van der Waals surface area contributed by atoms with Crippen molar-refractivity contribution in [2.45, 2.75) is 58.3 Å². The van der Waals surface area contributed by atoms with Gasteiger partial charge in [0.05, 0.1) is 6.54 Å². The average molecular weight is 518 g/mol. The molecule has 0 saturated carbocycles. The van der Waals surface area contributed by atoms with Crippen LogP contribution in [0.3, 0.4) is 0 Å². The maximum absolute atomic E-state index is 13.4. The highest BCUT2D eigenvalue weighted by molar-refractivity contribution is 8.93. The van der Waals surface area contributed by atoms with Gasteiger partial charge < -0.3 is 15.1 Å². The maximum Gasteiger partial charge on any atom is 0.182 e. The van der Waals surface area contributed by atoms with Crippen molar-refractivity contribution in [3.05, 3.63) is 64.7 Å². The molecule has 0 amide bonds. The molecule has 33 heavy (non-hydrogen) atoms. The number of benzene rings is 2. The second kappa shape index (κ2) is 9.98. The zero-order chi connectivity index (χ0) is 23.8. The minimum absolute atomic E-state index is 0. The van der Waals surface area contributed by atoms with Gasteiger partial charge in [-0.05, 0) is 28.5 Å². The minimum Gasteiger partial charge on any atom is -0.507 e. The molecular weight excluding hydrogens is 480 g/mol. The summed E-state index contributed by atoms with van der Waals surface area (Å²) in [5.74, 6) is 0.197. The molecule has 0 spiro atoms. The fourth-order valence-corrected chi connectivity index (χ4v) is 4.51. The quantitative estimate of drug-likeness (QED) is 0.462. The third-order valence-electron chi connectivity index (χ3n) is 6.34. The number of nitrogens with one attached hydrogen (secondary N) is 1. The van der Waals surface area contributed by atoms with Crippen LogP contribution in [0.4, 0.5) is 0 Å². The van der Waals surface area contributed by atoms with Crippen molar-refractivity contribution < 1.29 is 15.0 Å². The number of amidine groups is 1. The highest BCUT2D eigenvalue weighted by Crippen LogP contribution is 2.40. The zero-order valence-electron chi connectivity index (χ0n) is 20.5. The number of phenolic OH excluding ortho intramolecular Hbond substituents is 1. The van der Waals surface area contributed by atoms with E-state index in [-0.39, 0.29) is 64.3 Å². The Morgan fingerprint density at radius 3 is 2.00 bits per heavy atom. The van der Waals surface area contributed by atoms with Crippen molar-refractivity contribution in [1.82, 2.24) is 4.90 Å². The number of aliphatic hydroxyl groups excluding tert-OH is 1.